The first-order valence-electron chi connectivity index (χ1n) is 4.71. The number of sulfonamides is 1. The van der Waals surface area contributed by atoms with Crippen molar-refractivity contribution in [3.63, 3.8) is 0 Å². The van der Waals surface area contributed by atoms with Crippen molar-refractivity contribution in [2.75, 3.05) is 0 Å². The smallest absolute Gasteiger partial charge is 0.208 e. The van der Waals surface area contributed by atoms with Gasteiger partial charge in [-0.25, -0.2) is 8.42 Å². The molecule has 0 saturated heterocycles. The zero-order valence-corrected chi connectivity index (χ0v) is 9.37. The third-order valence-electron chi connectivity index (χ3n) is 2.60. The molecule has 1 heterocycles. The van der Waals surface area contributed by atoms with Gasteiger partial charge in [0.05, 0.1) is 11.6 Å². The first-order valence-corrected chi connectivity index (χ1v) is 6.21. The van der Waals surface area contributed by atoms with E-state index in [1.54, 1.807) is 18.2 Å². The molecule has 0 unspecified atom stereocenters. The molecule has 0 radical (unpaired) electrons. The van der Waals surface area contributed by atoms with Crippen LogP contribution in [0.2, 0.25) is 0 Å². The molecule has 1 aromatic carbocycles. The van der Waals surface area contributed by atoms with E-state index in [1.807, 2.05) is 6.07 Å². The Hall–Kier alpha value is -1.64. The highest BCUT2D eigenvalue weighted by atomic mass is 32.2. The third kappa shape index (κ3) is 1.73. The summed E-state index contributed by atoms with van der Waals surface area (Å²) in [5.74, 6) is 0. The maximum atomic E-state index is 11.6. The molecule has 0 saturated carbocycles. The van der Waals surface area contributed by atoms with Crippen LogP contribution in [-0.4, -0.2) is 12.7 Å². The van der Waals surface area contributed by atoms with Crippen LogP contribution >= 0.6 is 0 Å². The average Bonchev–Trinajstić information content (AvgIpc) is 2.72. The first kappa shape index (κ1) is 10.9. The highest BCUT2D eigenvalue weighted by Gasteiger charge is 2.26. The van der Waals surface area contributed by atoms with Crippen LogP contribution in [0.25, 0.3) is 0 Å². The Bertz CT molecular complexity index is 584. The number of hydrogen-bond donors (Lipinski definition) is 0. The van der Waals surface area contributed by atoms with Crippen molar-refractivity contribution >= 4 is 10.0 Å². The average molecular weight is 234 g/mol. The number of hydrogen-bond acceptors (Lipinski definition) is 3. The molecule has 0 spiro atoms. The lowest BCUT2D eigenvalue weighted by molar-refractivity contribution is 0.439. The van der Waals surface area contributed by atoms with Crippen molar-refractivity contribution in [2.24, 2.45) is 0 Å². The molecule has 1 aromatic rings. The molecule has 1 aliphatic rings. The largest absolute Gasteiger partial charge is 0.236 e. The Balaban J connectivity index is 2.36. The lowest BCUT2D eigenvalue weighted by Gasteiger charge is -2.11. The van der Waals surface area contributed by atoms with E-state index >= 15 is 0 Å². The summed E-state index contributed by atoms with van der Waals surface area (Å²) in [6.45, 7) is 3.97. The quantitative estimate of drug-likeness (QED) is 0.776. The lowest BCUT2D eigenvalue weighted by Crippen LogP contribution is -2.22. The molecule has 82 valence electrons. The lowest BCUT2D eigenvalue weighted by atomic mass is 10.1. The highest BCUT2D eigenvalue weighted by molar-refractivity contribution is 7.91. The van der Waals surface area contributed by atoms with Crippen LogP contribution in [0.15, 0.2) is 30.2 Å². The third-order valence-corrected chi connectivity index (χ3v) is 4.00. The van der Waals surface area contributed by atoms with E-state index in [9.17, 15) is 8.42 Å². The van der Waals surface area contributed by atoms with Gasteiger partial charge in [-0.05, 0) is 23.3 Å². The summed E-state index contributed by atoms with van der Waals surface area (Å²) in [7, 11) is -3.37. The zero-order valence-electron chi connectivity index (χ0n) is 8.55. The SMILES string of the molecule is C=CS(=O)(=O)N1Cc2ccc(C#N)cc2C1. The predicted molar refractivity (Wildman–Crippen MR) is 59.5 cm³/mol. The van der Waals surface area contributed by atoms with Gasteiger partial charge in [0, 0.05) is 18.5 Å². The summed E-state index contributed by atoms with van der Waals surface area (Å²) in [5.41, 5.74) is 2.39. The van der Waals surface area contributed by atoms with Gasteiger partial charge in [0.15, 0.2) is 0 Å². The van der Waals surface area contributed by atoms with Crippen LogP contribution in [0, 0.1) is 11.3 Å². The van der Waals surface area contributed by atoms with Gasteiger partial charge >= 0.3 is 0 Å². The molecule has 4 nitrogen and oxygen atoms in total. The Morgan fingerprint density at radius 2 is 2.06 bits per heavy atom. The molecular formula is C11H10N2O2S. The summed E-state index contributed by atoms with van der Waals surface area (Å²) >= 11 is 0. The fraction of sp³-hybridized carbons (Fsp3) is 0.182. The minimum Gasteiger partial charge on any atom is -0.208 e. The van der Waals surface area contributed by atoms with Gasteiger partial charge in [0.1, 0.15) is 0 Å². The van der Waals surface area contributed by atoms with Crippen molar-refractivity contribution in [2.45, 2.75) is 13.1 Å². The van der Waals surface area contributed by atoms with E-state index < -0.39 is 10.0 Å². The molecule has 0 aliphatic carbocycles. The van der Waals surface area contributed by atoms with Gasteiger partial charge in [-0.3, -0.25) is 0 Å². The van der Waals surface area contributed by atoms with Gasteiger partial charge in [0.25, 0.3) is 0 Å². The normalized spacial score (nSPS) is 15.4. The van der Waals surface area contributed by atoms with Gasteiger partial charge < -0.3 is 0 Å². The van der Waals surface area contributed by atoms with Crippen molar-refractivity contribution in [1.29, 1.82) is 5.26 Å². The molecule has 1 aliphatic heterocycles. The molecule has 0 aromatic heterocycles. The summed E-state index contributed by atoms with van der Waals surface area (Å²) < 4.78 is 24.5. The van der Waals surface area contributed by atoms with Gasteiger partial charge in [-0.1, -0.05) is 12.6 Å². The Labute approximate surface area is 94.5 Å². The summed E-state index contributed by atoms with van der Waals surface area (Å²) in [6.07, 6.45) is 0. The molecular weight excluding hydrogens is 224 g/mol. The maximum Gasteiger partial charge on any atom is 0.236 e. The summed E-state index contributed by atoms with van der Waals surface area (Å²) in [6, 6.07) is 7.26. The number of nitrogens with zero attached hydrogens (tertiary/aromatic N) is 2. The van der Waals surface area contributed by atoms with E-state index in [0.29, 0.717) is 18.7 Å². The second-order valence-corrected chi connectivity index (χ2v) is 5.45. The fourth-order valence-electron chi connectivity index (χ4n) is 1.72. The van der Waals surface area contributed by atoms with Crippen LogP contribution in [0.5, 0.6) is 0 Å². The van der Waals surface area contributed by atoms with E-state index in [0.717, 1.165) is 16.5 Å². The molecule has 2 rings (SSSR count). The number of fused-ring (bicyclic) bond motifs is 1. The second-order valence-electron chi connectivity index (χ2n) is 3.57. The van der Waals surface area contributed by atoms with Gasteiger partial charge in [-0.2, -0.15) is 9.57 Å². The topological polar surface area (TPSA) is 61.2 Å². The Morgan fingerprint density at radius 3 is 2.69 bits per heavy atom. The highest BCUT2D eigenvalue weighted by Crippen LogP contribution is 2.26. The van der Waals surface area contributed by atoms with Crippen LogP contribution in [0.4, 0.5) is 0 Å². The predicted octanol–water partition coefficient (Wildman–Crippen LogP) is 1.35. The number of rotatable bonds is 2. The second kappa shape index (κ2) is 3.74. The van der Waals surface area contributed by atoms with Crippen molar-refractivity contribution in [3.8, 4) is 6.07 Å². The zero-order chi connectivity index (χ0) is 11.8. The number of nitriles is 1. The maximum absolute atomic E-state index is 11.6. The van der Waals surface area contributed by atoms with Crippen LogP contribution < -0.4 is 0 Å². The molecule has 0 fully saturated rings. The molecule has 0 amide bonds. The van der Waals surface area contributed by atoms with Crippen molar-refractivity contribution in [3.05, 3.63) is 46.9 Å². The Kier molecular flexibility index (Phi) is 2.54. The Morgan fingerprint density at radius 1 is 1.38 bits per heavy atom. The van der Waals surface area contributed by atoms with E-state index in [1.165, 1.54) is 4.31 Å². The summed E-state index contributed by atoms with van der Waals surface area (Å²) in [4.78, 5) is 0. The van der Waals surface area contributed by atoms with E-state index in [-0.39, 0.29) is 0 Å². The minimum atomic E-state index is -3.37. The van der Waals surface area contributed by atoms with Crippen LogP contribution in [0.3, 0.4) is 0 Å². The monoisotopic (exact) mass is 234 g/mol. The van der Waals surface area contributed by atoms with Gasteiger partial charge in [-0.15, -0.1) is 0 Å². The van der Waals surface area contributed by atoms with Crippen LogP contribution in [-0.2, 0) is 23.1 Å². The summed E-state index contributed by atoms with van der Waals surface area (Å²) in [5, 5.41) is 9.69. The molecule has 0 N–H and O–H groups in total. The number of benzene rings is 1. The van der Waals surface area contributed by atoms with E-state index in [4.69, 9.17) is 5.26 Å². The minimum absolute atomic E-state index is 0.319. The van der Waals surface area contributed by atoms with E-state index in [2.05, 4.69) is 6.58 Å². The fourth-order valence-corrected chi connectivity index (χ4v) is 2.57. The molecule has 5 heteroatoms. The van der Waals surface area contributed by atoms with Crippen molar-refractivity contribution in [1.82, 2.24) is 4.31 Å². The van der Waals surface area contributed by atoms with Crippen LogP contribution in [0.1, 0.15) is 16.7 Å². The van der Waals surface area contributed by atoms with Crippen molar-refractivity contribution < 1.29 is 8.42 Å². The first-order chi connectivity index (χ1) is 7.56. The molecule has 0 atom stereocenters. The molecule has 0 bridgehead atoms. The standard InChI is InChI=1S/C11H10N2O2S/c1-2-16(14,15)13-7-10-4-3-9(6-12)5-11(10)8-13/h2-5H,1,7-8H2. The molecule has 16 heavy (non-hydrogen) atoms. The van der Waals surface area contributed by atoms with Gasteiger partial charge in [0.2, 0.25) is 10.0 Å².